The molecule has 0 heterocycles. The lowest BCUT2D eigenvalue weighted by Crippen LogP contribution is -2.47. The number of amides is 2. The summed E-state index contributed by atoms with van der Waals surface area (Å²) < 4.78 is 0. The summed E-state index contributed by atoms with van der Waals surface area (Å²) in [6.45, 7) is 16.5. The molecule has 0 fully saturated rings. The molecule has 0 aliphatic rings. The van der Waals surface area contributed by atoms with Crippen molar-refractivity contribution in [2.45, 2.75) is 73.8 Å². The molecule has 0 bridgehead atoms. The van der Waals surface area contributed by atoms with E-state index in [1.807, 2.05) is 34.6 Å². The molecule has 0 radical (unpaired) electrons. The Morgan fingerprint density at radius 2 is 1.40 bits per heavy atom. The van der Waals surface area contributed by atoms with Gasteiger partial charge in [0.05, 0.1) is 0 Å². The Morgan fingerprint density at radius 3 is 1.80 bits per heavy atom. The van der Waals surface area contributed by atoms with E-state index in [1.165, 1.54) is 0 Å². The van der Waals surface area contributed by atoms with Gasteiger partial charge in [-0.3, -0.25) is 9.59 Å². The summed E-state index contributed by atoms with van der Waals surface area (Å²) in [6.07, 6.45) is 1.22. The van der Waals surface area contributed by atoms with Crippen molar-refractivity contribution in [3.63, 3.8) is 0 Å². The van der Waals surface area contributed by atoms with Crippen molar-refractivity contribution in [1.82, 2.24) is 10.6 Å². The van der Waals surface area contributed by atoms with Gasteiger partial charge in [-0.1, -0.05) is 41.5 Å². The maximum Gasteiger partial charge on any atom is 0.225 e. The Balaban J connectivity index is 4.16. The average molecular weight is 284 g/mol. The fourth-order valence-electron chi connectivity index (χ4n) is 2.36. The molecule has 2 N–H and O–H groups in total. The molecular weight excluding hydrogens is 252 g/mol. The van der Waals surface area contributed by atoms with Crippen LogP contribution in [0.3, 0.4) is 0 Å². The largest absolute Gasteiger partial charge is 0.355 e. The normalized spacial score (nSPS) is 13.0. The molecule has 0 aromatic rings. The van der Waals surface area contributed by atoms with E-state index in [1.54, 1.807) is 0 Å². The Kier molecular flexibility index (Phi) is 6.25. The van der Waals surface area contributed by atoms with Crippen molar-refractivity contribution in [3.8, 4) is 0 Å². The first-order valence-corrected chi connectivity index (χ1v) is 7.32. The number of rotatable bonds is 5. The van der Waals surface area contributed by atoms with Crippen molar-refractivity contribution in [2.24, 2.45) is 10.8 Å². The summed E-state index contributed by atoms with van der Waals surface area (Å²) >= 11 is 0. The van der Waals surface area contributed by atoms with Crippen molar-refractivity contribution in [2.75, 3.05) is 6.54 Å². The van der Waals surface area contributed by atoms with Crippen LogP contribution < -0.4 is 10.6 Å². The second-order valence-electron chi connectivity index (χ2n) is 8.43. The van der Waals surface area contributed by atoms with Crippen molar-refractivity contribution >= 4 is 11.8 Å². The Bertz CT molecular complexity index is 346. The smallest absolute Gasteiger partial charge is 0.225 e. The quantitative estimate of drug-likeness (QED) is 0.815. The van der Waals surface area contributed by atoms with Crippen LogP contribution in [0.2, 0.25) is 0 Å². The third-order valence-corrected chi connectivity index (χ3v) is 2.77. The second kappa shape index (κ2) is 6.59. The molecule has 0 saturated heterocycles. The molecule has 0 aromatic heterocycles. The van der Waals surface area contributed by atoms with E-state index in [0.29, 0.717) is 13.0 Å². The first-order chi connectivity index (χ1) is 8.73. The van der Waals surface area contributed by atoms with E-state index in [9.17, 15) is 9.59 Å². The van der Waals surface area contributed by atoms with Gasteiger partial charge in [-0.2, -0.15) is 0 Å². The lowest BCUT2D eigenvalue weighted by Gasteiger charge is -2.33. The molecule has 2 amide bonds. The summed E-state index contributed by atoms with van der Waals surface area (Å²) in [7, 11) is 0. The Morgan fingerprint density at radius 1 is 0.900 bits per heavy atom. The molecule has 4 heteroatoms. The molecule has 0 spiro atoms. The predicted molar refractivity (Wildman–Crippen MR) is 83.4 cm³/mol. The molecule has 20 heavy (non-hydrogen) atoms. The van der Waals surface area contributed by atoms with Crippen LogP contribution in [0.5, 0.6) is 0 Å². The monoisotopic (exact) mass is 284 g/mol. The van der Waals surface area contributed by atoms with E-state index in [2.05, 4.69) is 31.4 Å². The van der Waals surface area contributed by atoms with E-state index < -0.39 is 5.41 Å². The number of hydrogen-bond acceptors (Lipinski definition) is 2. The maximum atomic E-state index is 11.9. The first-order valence-electron chi connectivity index (χ1n) is 7.32. The molecule has 4 nitrogen and oxygen atoms in total. The fraction of sp³-hybridized carbons (Fsp3) is 0.875. The van der Waals surface area contributed by atoms with Gasteiger partial charge in [0, 0.05) is 23.9 Å². The van der Waals surface area contributed by atoms with Gasteiger partial charge in [0.2, 0.25) is 11.8 Å². The molecule has 0 saturated carbocycles. The standard InChI is InChI=1S/C16H32N2O2/c1-14(2,3)11-16(7,8)18-12(19)9-10-17-13(20)15(4,5)6/h9-11H2,1-8H3,(H,17,20)(H,18,19). The van der Waals surface area contributed by atoms with Crippen LogP contribution in [0.1, 0.15) is 68.2 Å². The van der Waals surface area contributed by atoms with Crippen LogP contribution in [0.15, 0.2) is 0 Å². The van der Waals surface area contributed by atoms with E-state index in [4.69, 9.17) is 0 Å². The lowest BCUT2D eigenvalue weighted by molar-refractivity contribution is -0.128. The van der Waals surface area contributed by atoms with Crippen LogP contribution in [0, 0.1) is 10.8 Å². The van der Waals surface area contributed by atoms with Crippen LogP contribution in [-0.2, 0) is 9.59 Å². The molecule has 0 aliphatic carbocycles. The Hall–Kier alpha value is -1.06. The van der Waals surface area contributed by atoms with Gasteiger partial charge in [-0.05, 0) is 25.7 Å². The minimum atomic E-state index is -0.415. The van der Waals surface area contributed by atoms with Crippen molar-refractivity contribution in [3.05, 3.63) is 0 Å². The SMILES string of the molecule is CC(C)(C)CC(C)(C)NC(=O)CCNC(=O)C(C)(C)C. The van der Waals surface area contributed by atoms with Crippen LogP contribution >= 0.6 is 0 Å². The molecule has 0 aromatic carbocycles. The fourth-order valence-corrected chi connectivity index (χ4v) is 2.36. The Labute approximate surface area is 124 Å². The third kappa shape index (κ3) is 8.94. The molecule has 0 atom stereocenters. The highest BCUT2D eigenvalue weighted by molar-refractivity contribution is 5.82. The molecule has 118 valence electrons. The highest BCUT2D eigenvalue weighted by Crippen LogP contribution is 2.26. The summed E-state index contributed by atoms with van der Waals surface area (Å²) in [6, 6.07) is 0. The first kappa shape index (κ1) is 18.9. The van der Waals surface area contributed by atoms with Gasteiger partial charge in [-0.25, -0.2) is 0 Å². The van der Waals surface area contributed by atoms with Gasteiger partial charge in [0.1, 0.15) is 0 Å². The van der Waals surface area contributed by atoms with Crippen molar-refractivity contribution in [1.29, 1.82) is 0 Å². The molecule has 0 aliphatic heterocycles. The number of nitrogens with one attached hydrogen (secondary N) is 2. The zero-order valence-corrected chi connectivity index (χ0v) is 14.4. The second-order valence-corrected chi connectivity index (χ2v) is 8.43. The van der Waals surface area contributed by atoms with E-state index in [-0.39, 0.29) is 22.8 Å². The average Bonchev–Trinajstić information content (AvgIpc) is 2.10. The zero-order chi connectivity index (χ0) is 16.2. The summed E-state index contributed by atoms with van der Waals surface area (Å²) in [5.41, 5.74) is -0.484. The minimum absolute atomic E-state index is 0.0199. The highest BCUT2D eigenvalue weighted by atomic mass is 16.2. The van der Waals surface area contributed by atoms with Crippen LogP contribution in [0.4, 0.5) is 0 Å². The highest BCUT2D eigenvalue weighted by Gasteiger charge is 2.27. The zero-order valence-electron chi connectivity index (χ0n) is 14.4. The van der Waals surface area contributed by atoms with Gasteiger partial charge >= 0.3 is 0 Å². The number of carbonyl (C=O) groups is 2. The lowest BCUT2D eigenvalue weighted by atomic mass is 9.82. The van der Waals surface area contributed by atoms with Crippen LogP contribution in [0.25, 0.3) is 0 Å². The summed E-state index contributed by atoms with van der Waals surface area (Å²) in [4.78, 5) is 23.6. The van der Waals surface area contributed by atoms with Gasteiger partial charge in [0.25, 0.3) is 0 Å². The van der Waals surface area contributed by atoms with E-state index >= 15 is 0 Å². The molecular formula is C16H32N2O2. The van der Waals surface area contributed by atoms with Crippen LogP contribution in [-0.4, -0.2) is 23.9 Å². The molecule has 0 unspecified atom stereocenters. The van der Waals surface area contributed by atoms with Crippen molar-refractivity contribution < 1.29 is 9.59 Å². The maximum absolute atomic E-state index is 11.9. The van der Waals surface area contributed by atoms with Gasteiger partial charge in [0.15, 0.2) is 0 Å². The predicted octanol–water partition coefficient (Wildman–Crippen LogP) is 2.87. The summed E-state index contributed by atoms with van der Waals surface area (Å²) in [5.74, 6) is -0.0484. The molecule has 0 rings (SSSR count). The number of hydrogen-bond donors (Lipinski definition) is 2. The third-order valence-electron chi connectivity index (χ3n) is 2.77. The topological polar surface area (TPSA) is 58.2 Å². The summed E-state index contributed by atoms with van der Waals surface area (Å²) in [5, 5.41) is 5.82. The van der Waals surface area contributed by atoms with Gasteiger partial charge < -0.3 is 10.6 Å². The van der Waals surface area contributed by atoms with E-state index in [0.717, 1.165) is 6.42 Å². The van der Waals surface area contributed by atoms with Gasteiger partial charge in [-0.15, -0.1) is 0 Å². The number of carbonyl (C=O) groups excluding carboxylic acids is 2. The minimum Gasteiger partial charge on any atom is -0.355 e.